The molecule has 0 saturated carbocycles. The van der Waals surface area contributed by atoms with E-state index in [1.807, 2.05) is 18.7 Å². The van der Waals surface area contributed by atoms with Gasteiger partial charge < -0.3 is 15.5 Å². The number of carbonyl (C=O) groups excluding carboxylic acids is 1. The van der Waals surface area contributed by atoms with Crippen LogP contribution in [0, 0.1) is 0 Å². The minimum atomic E-state index is -0.0173. The number of nitrogens with zero attached hydrogens (tertiary/aromatic N) is 2. The topological polar surface area (TPSA) is 56.7 Å². The molecule has 1 atom stereocenters. The van der Waals surface area contributed by atoms with Gasteiger partial charge in [-0.1, -0.05) is 6.92 Å². The fraction of sp³-hybridized carbons (Fsp3) is 0.846. The predicted octanol–water partition coefficient (Wildman–Crippen LogP) is 1.53. The number of guanidine groups is 1. The molecule has 1 unspecified atom stereocenters. The first-order chi connectivity index (χ1) is 9.21. The van der Waals surface area contributed by atoms with Gasteiger partial charge in [0.15, 0.2) is 5.96 Å². The summed E-state index contributed by atoms with van der Waals surface area (Å²) < 4.78 is 0. The number of carbonyl (C=O) groups is 1. The molecule has 118 valence electrons. The molecule has 1 aliphatic rings. The Balaban J connectivity index is 0.00000361. The second kappa shape index (κ2) is 11.5. The molecule has 1 saturated heterocycles. The molecule has 20 heavy (non-hydrogen) atoms. The summed E-state index contributed by atoms with van der Waals surface area (Å²) in [4.78, 5) is 18.2. The van der Waals surface area contributed by atoms with Crippen molar-refractivity contribution in [3.63, 3.8) is 0 Å². The van der Waals surface area contributed by atoms with Crippen LogP contribution < -0.4 is 10.6 Å². The molecule has 1 heterocycles. The number of hydrogen-bond donors (Lipinski definition) is 2. The molecule has 5 nitrogen and oxygen atoms in total. The molecule has 0 aromatic carbocycles. The van der Waals surface area contributed by atoms with Crippen molar-refractivity contribution < 1.29 is 4.79 Å². The standard InChI is InChI=1S/C13H26N4OS.HI/c1-4-11-10-17(7-8-19-11)13(15-6-3)16-9-12(18)14-5-2;/h11H,4-10H2,1-3H3,(H,14,18)(H,15,16);1H. The molecule has 1 rings (SSSR count). The van der Waals surface area contributed by atoms with Crippen LogP contribution in [0.1, 0.15) is 27.2 Å². The molecular formula is C13H27IN4OS. The van der Waals surface area contributed by atoms with E-state index in [1.54, 1.807) is 0 Å². The van der Waals surface area contributed by atoms with Gasteiger partial charge in [0.1, 0.15) is 6.54 Å². The Morgan fingerprint density at radius 3 is 2.60 bits per heavy atom. The van der Waals surface area contributed by atoms with Crippen molar-refractivity contribution in [3.8, 4) is 0 Å². The summed E-state index contributed by atoms with van der Waals surface area (Å²) in [5.41, 5.74) is 0. The largest absolute Gasteiger partial charge is 0.357 e. The van der Waals surface area contributed by atoms with Gasteiger partial charge in [-0.3, -0.25) is 4.79 Å². The summed E-state index contributed by atoms with van der Waals surface area (Å²) in [6.07, 6.45) is 1.18. The zero-order chi connectivity index (χ0) is 14.1. The molecule has 0 radical (unpaired) electrons. The van der Waals surface area contributed by atoms with Crippen LogP contribution in [0.5, 0.6) is 0 Å². The minimum Gasteiger partial charge on any atom is -0.357 e. The first kappa shape index (κ1) is 19.8. The Labute approximate surface area is 143 Å². The molecule has 1 aliphatic heterocycles. The van der Waals surface area contributed by atoms with E-state index in [0.29, 0.717) is 11.8 Å². The van der Waals surface area contributed by atoms with Gasteiger partial charge in [0.2, 0.25) is 5.91 Å². The Bertz CT molecular complexity index is 315. The van der Waals surface area contributed by atoms with E-state index in [1.165, 1.54) is 6.42 Å². The van der Waals surface area contributed by atoms with Gasteiger partial charge in [0.05, 0.1) is 0 Å². The highest BCUT2D eigenvalue weighted by Crippen LogP contribution is 2.20. The van der Waals surface area contributed by atoms with Crippen molar-refractivity contribution in [2.45, 2.75) is 32.4 Å². The van der Waals surface area contributed by atoms with Gasteiger partial charge in [0, 0.05) is 37.2 Å². The highest BCUT2D eigenvalue weighted by Gasteiger charge is 2.21. The molecule has 7 heteroatoms. The van der Waals surface area contributed by atoms with Gasteiger partial charge in [-0.15, -0.1) is 24.0 Å². The predicted molar refractivity (Wildman–Crippen MR) is 98.2 cm³/mol. The lowest BCUT2D eigenvalue weighted by molar-refractivity contribution is -0.119. The lowest BCUT2D eigenvalue weighted by Gasteiger charge is -2.34. The lowest BCUT2D eigenvalue weighted by Crippen LogP contribution is -2.48. The first-order valence-electron chi connectivity index (χ1n) is 7.12. The number of halogens is 1. The van der Waals surface area contributed by atoms with Crippen molar-refractivity contribution in [1.29, 1.82) is 0 Å². The summed E-state index contributed by atoms with van der Waals surface area (Å²) in [5, 5.41) is 6.72. The van der Waals surface area contributed by atoms with E-state index >= 15 is 0 Å². The summed E-state index contributed by atoms with van der Waals surface area (Å²) in [6, 6.07) is 0. The average Bonchev–Trinajstić information content (AvgIpc) is 2.44. The van der Waals surface area contributed by atoms with Gasteiger partial charge in [0.25, 0.3) is 0 Å². The quantitative estimate of drug-likeness (QED) is 0.407. The number of nitrogens with one attached hydrogen (secondary N) is 2. The molecular weight excluding hydrogens is 387 g/mol. The van der Waals surface area contributed by atoms with Crippen molar-refractivity contribution in [2.24, 2.45) is 4.99 Å². The van der Waals surface area contributed by atoms with Crippen LogP contribution in [0.2, 0.25) is 0 Å². The number of thioether (sulfide) groups is 1. The second-order valence-electron chi connectivity index (χ2n) is 4.47. The number of likely N-dealkylation sites (N-methyl/N-ethyl adjacent to an activating group) is 1. The van der Waals surface area contributed by atoms with E-state index in [0.717, 1.165) is 31.3 Å². The van der Waals surface area contributed by atoms with Gasteiger partial charge >= 0.3 is 0 Å². The van der Waals surface area contributed by atoms with Crippen LogP contribution in [0.3, 0.4) is 0 Å². The lowest BCUT2D eigenvalue weighted by atomic mass is 10.3. The van der Waals surface area contributed by atoms with Crippen LogP contribution >= 0.6 is 35.7 Å². The fourth-order valence-electron chi connectivity index (χ4n) is 1.98. The van der Waals surface area contributed by atoms with Crippen LogP contribution in [0.4, 0.5) is 0 Å². The fourth-order valence-corrected chi connectivity index (χ4v) is 3.16. The van der Waals surface area contributed by atoms with E-state index in [4.69, 9.17) is 0 Å². The first-order valence-corrected chi connectivity index (χ1v) is 8.17. The van der Waals surface area contributed by atoms with Crippen molar-refractivity contribution in [1.82, 2.24) is 15.5 Å². The second-order valence-corrected chi connectivity index (χ2v) is 5.88. The number of amides is 1. The normalized spacial score (nSPS) is 19.2. The van der Waals surface area contributed by atoms with Crippen molar-refractivity contribution in [3.05, 3.63) is 0 Å². The molecule has 1 amide bonds. The van der Waals surface area contributed by atoms with Crippen LogP contribution in [-0.2, 0) is 4.79 Å². The van der Waals surface area contributed by atoms with Crippen molar-refractivity contribution >= 4 is 47.6 Å². The van der Waals surface area contributed by atoms with Crippen LogP contribution in [-0.4, -0.2) is 60.5 Å². The van der Waals surface area contributed by atoms with E-state index in [2.05, 4.69) is 34.4 Å². The molecule has 0 aliphatic carbocycles. The highest BCUT2D eigenvalue weighted by molar-refractivity contribution is 14.0. The average molecular weight is 414 g/mol. The maximum absolute atomic E-state index is 11.5. The summed E-state index contributed by atoms with van der Waals surface area (Å²) in [6.45, 7) is 9.90. The smallest absolute Gasteiger partial charge is 0.241 e. The SMILES string of the molecule is CCNC(=O)CN=C(NCC)N1CCSC(CC)C1.I. The Morgan fingerprint density at radius 1 is 1.30 bits per heavy atom. The zero-order valence-corrected chi connectivity index (χ0v) is 15.8. The minimum absolute atomic E-state index is 0. The van der Waals surface area contributed by atoms with Crippen molar-refractivity contribution in [2.75, 3.05) is 38.5 Å². The number of hydrogen-bond acceptors (Lipinski definition) is 3. The Kier molecular flexibility index (Phi) is 11.4. The maximum Gasteiger partial charge on any atom is 0.241 e. The van der Waals surface area contributed by atoms with Gasteiger partial charge in [-0.2, -0.15) is 11.8 Å². The van der Waals surface area contributed by atoms with E-state index in [9.17, 15) is 4.79 Å². The van der Waals surface area contributed by atoms with Gasteiger partial charge in [-0.05, 0) is 20.3 Å². The molecule has 0 bridgehead atoms. The third-order valence-corrected chi connectivity index (χ3v) is 4.35. The third-order valence-electron chi connectivity index (χ3n) is 2.97. The van der Waals surface area contributed by atoms with E-state index < -0.39 is 0 Å². The van der Waals surface area contributed by atoms with E-state index in [-0.39, 0.29) is 36.4 Å². The Morgan fingerprint density at radius 2 is 2.00 bits per heavy atom. The Hall–Kier alpha value is -0.180. The highest BCUT2D eigenvalue weighted by atomic mass is 127. The zero-order valence-electron chi connectivity index (χ0n) is 12.6. The molecule has 0 aromatic rings. The summed E-state index contributed by atoms with van der Waals surface area (Å²) in [5.74, 6) is 1.98. The van der Waals surface area contributed by atoms with Gasteiger partial charge in [-0.25, -0.2) is 4.99 Å². The number of rotatable bonds is 5. The summed E-state index contributed by atoms with van der Waals surface area (Å²) >= 11 is 2.03. The number of aliphatic imine (C=N–C) groups is 1. The molecule has 0 spiro atoms. The maximum atomic E-state index is 11.5. The summed E-state index contributed by atoms with van der Waals surface area (Å²) in [7, 11) is 0. The monoisotopic (exact) mass is 414 g/mol. The molecule has 2 N–H and O–H groups in total. The van der Waals surface area contributed by atoms with Crippen LogP contribution in [0.15, 0.2) is 4.99 Å². The molecule has 0 aromatic heterocycles. The third kappa shape index (κ3) is 7.01. The molecule has 1 fully saturated rings. The van der Waals surface area contributed by atoms with Crippen LogP contribution in [0.25, 0.3) is 0 Å².